The summed E-state index contributed by atoms with van der Waals surface area (Å²) in [6.07, 6.45) is 14.9. The number of rotatable bonds is 2. The highest BCUT2D eigenvalue weighted by Gasteiger charge is 2.42. The first-order valence-corrected chi connectivity index (χ1v) is 8.57. The van der Waals surface area contributed by atoms with E-state index >= 15 is 0 Å². The lowest BCUT2D eigenvalue weighted by Gasteiger charge is -2.53. The van der Waals surface area contributed by atoms with Crippen molar-refractivity contribution in [1.29, 1.82) is 0 Å². The quantitative estimate of drug-likeness (QED) is 0.839. The Bertz CT molecular complexity index is 693. The van der Waals surface area contributed by atoms with E-state index in [1.54, 1.807) is 0 Å². The number of hydrogen-bond acceptors (Lipinski definition) is 4. The molecular formula is C18H22N4O. The molecule has 1 aromatic rings. The van der Waals surface area contributed by atoms with Crippen molar-refractivity contribution >= 4 is 5.70 Å². The van der Waals surface area contributed by atoms with Crippen LogP contribution in [0.15, 0.2) is 48.5 Å². The predicted octanol–water partition coefficient (Wildman–Crippen LogP) is 2.28. The van der Waals surface area contributed by atoms with Crippen molar-refractivity contribution in [2.45, 2.75) is 31.8 Å². The van der Waals surface area contributed by atoms with Crippen LogP contribution in [0.1, 0.15) is 19.8 Å². The van der Waals surface area contributed by atoms with E-state index in [-0.39, 0.29) is 0 Å². The van der Waals surface area contributed by atoms with E-state index in [1.165, 1.54) is 37.2 Å². The zero-order valence-corrected chi connectivity index (χ0v) is 13.4. The van der Waals surface area contributed by atoms with Gasteiger partial charge in [0.1, 0.15) is 12.4 Å². The molecule has 5 nitrogen and oxygen atoms in total. The Morgan fingerprint density at radius 1 is 1.26 bits per heavy atom. The van der Waals surface area contributed by atoms with E-state index in [2.05, 4.69) is 40.2 Å². The summed E-state index contributed by atoms with van der Waals surface area (Å²) in [6, 6.07) is 1.19. The van der Waals surface area contributed by atoms with Crippen LogP contribution in [0.3, 0.4) is 0 Å². The molecule has 0 aromatic carbocycles. The van der Waals surface area contributed by atoms with Crippen LogP contribution in [0, 0.1) is 5.92 Å². The van der Waals surface area contributed by atoms with Crippen LogP contribution in [0.2, 0.25) is 0 Å². The summed E-state index contributed by atoms with van der Waals surface area (Å²) < 4.78 is 8.01. The topological polar surface area (TPSA) is 33.5 Å². The molecule has 5 heteroatoms. The largest absolute Gasteiger partial charge is 0.485 e. The summed E-state index contributed by atoms with van der Waals surface area (Å²) in [5, 5.41) is 0. The molecule has 2 atom stereocenters. The molecule has 2 bridgehead atoms. The second kappa shape index (κ2) is 4.99. The van der Waals surface area contributed by atoms with Gasteiger partial charge in [-0.1, -0.05) is 0 Å². The van der Waals surface area contributed by atoms with Gasteiger partial charge >= 0.3 is 0 Å². The molecule has 6 heterocycles. The minimum Gasteiger partial charge on any atom is -0.485 e. The third-order valence-electron chi connectivity index (χ3n) is 5.91. The second-order valence-electron chi connectivity index (χ2n) is 6.98. The number of ether oxygens (including phenoxy) is 1. The van der Waals surface area contributed by atoms with Gasteiger partial charge in [0, 0.05) is 36.4 Å². The molecule has 0 radical (unpaired) electrons. The molecule has 6 rings (SSSR count). The zero-order chi connectivity index (χ0) is 15.4. The average molecular weight is 310 g/mol. The average Bonchev–Trinajstić information content (AvgIpc) is 3.24. The van der Waals surface area contributed by atoms with Crippen molar-refractivity contribution in [3.8, 4) is 0 Å². The minimum atomic E-state index is 0.573. The van der Waals surface area contributed by atoms with Gasteiger partial charge in [0.2, 0.25) is 0 Å². The Hall–Kier alpha value is -2.01. The molecule has 0 aliphatic carbocycles. The van der Waals surface area contributed by atoms with Crippen LogP contribution in [0.5, 0.6) is 0 Å². The normalized spacial score (nSPS) is 35.3. The van der Waals surface area contributed by atoms with E-state index in [1.807, 2.05) is 23.3 Å². The van der Waals surface area contributed by atoms with Gasteiger partial charge in [-0.25, -0.2) is 4.98 Å². The summed E-state index contributed by atoms with van der Waals surface area (Å²) in [5.74, 6) is 1.80. The Kier molecular flexibility index (Phi) is 2.92. The van der Waals surface area contributed by atoms with Crippen molar-refractivity contribution in [3.63, 3.8) is 0 Å². The van der Waals surface area contributed by atoms with Gasteiger partial charge in [-0.2, -0.15) is 0 Å². The fourth-order valence-corrected chi connectivity index (χ4v) is 4.66. The highest BCUT2D eigenvalue weighted by molar-refractivity contribution is 5.66. The van der Waals surface area contributed by atoms with Crippen molar-refractivity contribution < 1.29 is 4.74 Å². The van der Waals surface area contributed by atoms with Crippen molar-refractivity contribution in [2.75, 3.05) is 19.7 Å². The monoisotopic (exact) mass is 310 g/mol. The highest BCUT2D eigenvalue weighted by Crippen LogP contribution is 2.39. The first-order chi connectivity index (χ1) is 11.3. The van der Waals surface area contributed by atoms with Crippen LogP contribution >= 0.6 is 0 Å². The Morgan fingerprint density at radius 2 is 2.13 bits per heavy atom. The number of imidazole rings is 1. The molecule has 23 heavy (non-hydrogen) atoms. The van der Waals surface area contributed by atoms with Gasteiger partial charge in [0.15, 0.2) is 0 Å². The maximum absolute atomic E-state index is 5.96. The van der Waals surface area contributed by atoms with Crippen LogP contribution in [0.4, 0.5) is 0 Å². The molecule has 3 saturated heterocycles. The van der Waals surface area contributed by atoms with E-state index in [4.69, 9.17) is 4.74 Å². The van der Waals surface area contributed by atoms with Crippen molar-refractivity contribution in [1.82, 2.24) is 19.4 Å². The van der Waals surface area contributed by atoms with Crippen LogP contribution in [-0.4, -0.2) is 51.1 Å². The summed E-state index contributed by atoms with van der Waals surface area (Å²) in [6.45, 7) is 5.53. The first kappa shape index (κ1) is 13.4. The first-order valence-electron chi connectivity index (χ1n) is 8.57. The molecule has 0 amide bonds. The van der Waals surface area contributed by atoms with Gasteiger partial charge in [-0.3, -0.25) is 4.90 Å². The van der Waals surface area contributed by atoms with Gasteiger partial charge < -0.3 is 14.2 Å². The van der Waals surface area contributed by atoms with Crippen molar-refractivity contribution in [2.24, 2.45) is 5.92 Å². The van der Waals surface area contributed by atoms with E-state index in [0.29, 0.717) is 18.7 Å². The van der Waals surface area contributed by atoms with Gasteiger partial charge in [0.05, 0.1) is 18.1 Å². The van der Waals surface area contributed by atoms with Crippen LogP contribution in [-0.2, 0) is 4.74 Å². The summed E-state index contributed by atoms with van der Waals surface area (Å²) in [7, 11) is 0. The maximum Gasteiger partial charge on any atom is 0.145 e. The molecule has 0 saturated carbocycles. The minimum absolute atomic E-state index is 0.573. The SMILES string of the molecule is C[C@H]1[C@H](N2C=CC3=C(n4ccnc4)COC3=C2)C2CCN1CC2. The molecule has 5 aliphatic rings. The fourth-order valence-electron chi connectivity index (χ4n) is 4.66. The summed E-state index contributed by atoms with van der Waals surface area (Å²) >= 11 is 0. The molecule has 0 unspecified atom stereocenters. The number of hydrogen-bond donors (Lipinski definition) is 0. The maximum atomic E-state index is 5.96. The zero-order valence-electron chi connectivity index (χ0n) is 13.4. The van der Waals surface area contributed by atoms with Gasteiger partial charge in [-0.05, 0) is 44.8 Å². The van der Waals surface area contributed by atoms with Crippen LogP contribution in [0.25, 0.3) is 5.70 Å². The lowest BCUT2D eigenvalue weighted by molar-refractivity contribution is -0.00763. The third kappa shape index (κ3) is 1.99. The molecule has 0 N–H and O–H groups in total. The lowest BCUT2D eigenvalue weighted by atomic mass is 9.78. The molecule has 0 spiro atoms. The standard InChI is InChI=1S/C18H22N4O/c1-13-18(14-2-6-20(13)7-3-14)21-8-4-15-16(11-23-17(15)10-21)22-9-5-19-12-22/h4-5,8-10,12-14,18H,2-3,6-7,11H2,1H3/t13-,18-/m0/s1. The number of fused-ring (bicyclic) bond motifs is 4. The summed E-state index contributed by atoms with van der Waals surface area (Å²) in [4.78, 5) is 9.18. The van der Waals surface area contributed by atoms with E-state index in [9.17, 15) is 0 Å². The predicted molar refractivity (Wildman–Crippen MR) is 88.0 cm³/mol. The number of aromatic nitrogens is 2. The smallest absolute Gasteiger partial charge is 0.145 e. The Balaban J connectivity index is 1.46. The number of nitrogens with zero attached hydrogens (tertiary/aromatic N) is 4. The van der Waals surface area contributed by atoms with E-state index in [0.717, 1.165) is 11.7 Å². The Labute approximate surface area is 136 Å². The second-order valence-corrected chi connectivity index (χ2v) is 6.98. The van der Waals surface area contributed by atoms with Gasteiger partial charge in [-0.15, -0.1) is 0 Å². The molecule has 5 aliphatic heterocycles. The molecular weight excluding hydrogens is 288 g/mol. The lowest BCUT2D eigenvalue weighted by Crippen LogP contribution is -2.60. The van der Waals surface area contributed by atoms with Crippen molar-refractivity contribution in [3.05, 3.63) is 48.5 Å². The van der Waals surface area contributed by atoms with E-state index < -0.39 is 0 Å². The molecule has 120 valence electrons. The third-order valence-corrected chi connectivity index (χ3v) is 5.91. The number of allylic oxidation sites excluding steroid dienone is 1. The number of piperidine rings is 3. The fraction of sp³-hybridized carbons (Fsp3) is 0.500. The molecule has 3 fully saturated rings. The van der Waals surface area contributed by atoms with Crippen LogP contribution < -0.4 is 0 Å². The molecule has 1 aromatic heterocycles. The Morgan fingerprint density at radius 3 is 2.87 bits per heavy atom. The highest BCUT2D eigenvalue weighted by atomic mass is 16.5. The summed E-state index contributed by atoms with van der Waals surface area (Å²) in [5.41, 5.74) is 2.36. The van der Waals surface area contributed by atoms with Gasteiger partial charge in [0.25, 0.3) is 0 Å².